The molecule has 158 valence electrons. The molecule has 3 rings (SSSR count). The van der Waals surface area contributed by atoms with Gasteiger partial charge in [0, 0.05) is 24.6 Å². The van der Waals surface area contributed by atoms with Gasteiger partial charge in [0.2, 0.25) is 0 Å². The van der Waals surface area contributed by atoms with Gasteiger partial charge in [-0.05, 0) is 37.8 Å². The van der Waals surface area contributed by atoms with E-state index < -0.39 is 33.4 Å². The van der Waals surface area contributed by atoms with Gasteiger partial charge in [0.05, 0.1) is 0 Å². The maximum atomic E-state index is 14.3. The predicted molar refractivity (Wildman–Crippen MR) is 94.0 cm³/mol. The van der Waals surface area contributed by atoms with Gasteiger partial charge in [-0.3, -0.25) is 4.90 Å². The third kappa shape index (κ3) is 4.22. The van der Waals surface area contributed by atoms with Crippen LogP contribution in [-0.4, -0.2) is 37.6 Å². The van der Waals surface area contributed by atoms with Gasteiger partial charge in [0.1, 0.15) is 5.75 Å². The topological polar surface area (TPSA) is 55.8 Å². The lowest BCUT2D eigenvalue weighted by Gasteiger charge is -2.39. The van der Waals surface area contributed by atoms with Crippen LogP contribution >= 0.6 is 0 Å². The molecule has 1 fully saturated rings. The second-order valence-electron chi connectivity index (χ2n) is 7.12. The maximum absolute atomic E-state index is 14.3. The van der Waals surface area contributed by atoms with Crippen molar-refractivity contribution in [3.05, 3.63) is 23.5 Å². The quantitative estimate of drug-likeness (QED) is 0.385. The van der Waals surface area contributed by atoms with Crippen LogP contribution in [0.5, 0.6) is 11.5 Å². The van der Waals surface area contributed by atoms with Crippen molar-refractivity contribution >= 4 is 10.1 Å². The van der Waals surface area contributed by atoms with E-state index >= 15 is 0 Å². The van der Waals surface area contributed by atoms with Gasteiger partial charge in [-0.2, -0.15) is 21.6 Å². The fourth-order valence-corrected chi connectivity index (χ4v) is 4.43. The van der Waals surface area contributed by atoms with Crippen LogP contribution in [0.2, 0.25) is 0 Å². The number of rotatable bonds is 6. The third-order valence-electron chi connectivity index (χ3n) is 5.19. The summed E-state index contributed by atoms with van der Waals surface area (Å²) in [6.45, 7) is 2.80. The summed E-state index contributed by atoms with van der Waals surface area (Å²) < 4.78 is 85.0. The summed E-state index contributed by atoms with van der Waals surface area (Å²) in [5.41, 5.74) is -5.56. The molecule has 2 aliphatic rings. The van der Waals surface area contributed by atoms with Crippen LogP contribution in [0.15, 0.2) is 12.1 Å². The molecule has 5 nitrogen and oxygen atoms in total. The summed E-state index contributed by atoms with van der Waals surface area (Å²) in [4.78, 5) is 2.19. The van der Waals surface area contributed by atoms with Crippen LogP contribution in [0.4, 0.5) is 17.6 Å². The van der Waals surface area contributed by atoms with Gasteiger partial charge in [0.15, 0.2) is 17.8 Å². The van der Waals surface area contributed by atoms with Gasteiger partial charge < -0.3 is 8.92 Å². The molecule has 1 heterocycles. The summed E-state index contributed by atoms with van der Waals surface area (Å²) in [5, 5.41) is 0. The summed E-state index contributed by atoms with van der Waals surface area (Å²) in [6, 6.07) is 2.09. The molecular weight excluding hydrogens is 402 g/mol. The Balaban J connectivity index is 1.87. The summed E-state index contributed by atoms with van der Waals surface area (Å²) >= 11 is 0. The van der Waals surface area contributed by atoms with Gasteiger partial charge in [-0.25, -0.2) is 4.39 Å². The highest BCUT2D eigenvalue weighted by Gasteiger charge is 2.49. The van der Waals surface area contributed by atoms with Crippen molar-refractivity contribution in [1.82, 2.24) is 4.90 Å². The van der Waals surface area contributed by atoms with Gasteiger partial charge in [-0.15, -0.1) is 0 Å². The van der Waals surface area contributed by atoms with Crippen molar-refractivity contribution in [3.63, 3.8) is 0 Å². The Bertz CT molecular complexity index is 807. The number of fused-ring (bicyclic) bond motifs is 1. The lowest BCUT2D eigenvalue weighted by Crippen LogP contribution is -2.47. The highest BCUT2D eigenvalue weighted by atomic mass is 32.2. The van der Waals surface area contributed by atoms with Crippen LogP contribution in [0.1, 0.15) is 51.0 Å². The summed E-state index contributed by atoms with van der Waals surface area (Å²) in [6.07, 6.45) is 5.36. The lowest BCUT2D eigenvalue weighted by atomic mass is 10.0. The Labute approximate surface area is 161 Å². The minimum absolute atomic E-state index is 0.00643. The standard InChI is InChI=1S/C18H23F4NO4S/c1-2-11-23(12-5-3-4-6-12)16-10-7-13-15(9-8-14(19)17(13)26-16)27-28(24,25)18(20,21)22/h8-9,12,16H,2-7,10-11H2,1H3. The Kier molecular flexibility index (Phi) is 6.09. The monoisotopic (exact) mass is 425 g/mol. The second kappa shape index (κ2) is 8.06. The molecule has 0 spiro atoms. The Morgan fingerprint density at radius 2 is 1.89 bits per heavy atom. The number of hydrogen-bond acceptors (Lipinski definition) is 5. The smallest absolute Gasteiger partial charge is 0.472 e. The van der Waals surface area contributed by atoms with Crippen LogP contribution in [0.3, 0.4) is 0 Å². The molecule has 0 N–H and O–H groups in total. The minimum atomic E-state index is -5.84. The van der Waals surface area contributed by atoms with Gasteiger partial charge >= 0.3 is 15.6 Å². The molecule has 1 unspecified atom stereocenters. The molecule has 1 aromatic carbocycles. The second-order valence-corrected chi connectivity index (χ2v) is 8.66. The van der Waals surface area contributed by atoms with E-state index in [0.29, 0.717) is 12.5 Å². The van der Waals surface area contributed by atoms with Crippen molar-refractivity contribution in [2.75, 3.05) is 6.54 Å². The number of nitrogens with zero attached hydrogens (tertiary/aromatic N) is 1. The maximum Gasteiger partial charge on any atom is 0.534 e. The third-order valence-corrected chi connectivity index (χ3v) is 6.16. The first kappa shape index (κ1) is 21.2. The molecule has 1 atom stereocenters. The Morgan fingerprint density at radius 1 is 1.21 bits per heavy atom. The van der Waals surface area contributed by atoms with E-state index in [1.807, 2.05) is 6.92 Å². The first-order chi connectivity index (χ1) is 13.1. The van der Waals surface area contributed by atoms with E-state index in [9.17, 15) is 26.0 Å². The average Bonchev–Trinajstić information content (AvgIpc) is 3.15. The average molecular weight is 425 g/mol. The normalized spacial score (nSPS) is 20.9. The summed E-state index contributed by atoms with van der Waals surface area (Å²) in [5.74, 6) is -1.53. The molecule has 1 aliphatic carbocycles. The molecule has 1 aliphatic heterocycles. The summed E-state index contributed by atoms with van der Waals surface area (Å²) in [7, 11) is -5.84. The van der Waals surface area contributed by atoms with Crippen molar-refractivity contribution in [3.8, 4) is 11.5 Å². The number of hydrogen-bond donors (Lipinski definition) is 0. The zero-order chi connectivity index (χ0) is 20.5. The molecule has 0 aromatic heterocycles. The first-order valence-corrected chi connectivity index (χ1v) is 10.8. The van der Waals surface area contributed by atoms with Crippen LogP contribution in [0, 0.1) is 5.82 Å². The van der Waals surface area contributed by atoms with Crippen molar-refractivity contribution < 1.29 is 34.9 Å². The van der Waals surface area contributed by atoms with Crippen LogP contribution < -0.4 is 8.92 Å². The molecular formula is C18H23F4NO4S. The lowest BCUT2D eigenvalue weighted by molar-refractivity contribution is -0.0501. The molecule has 0 amide bonds. The van der Waals surface area contributed by atoms with E-state index in [4.69, 9.17) is 4.74 Å². The molecule has 10 heteroatoms. The fraction of sp³-hybridized carbons (Fsp3) is 0.667. The number of alkyl halides is 3. The molecule has 1 aromatic rings. The number of ether oxygens (including phenoxy) is 1. The highest BCUT2D eigenvalue weighted by Crippen LogP contribution is 2.40. The number of halogens is 4. The molecule has 1 saturated carbocycles. The van der Waals surface area contributed by atoms with Gasteiger partial charge in [-0.1, -0.05) is 19.8 Å². The molecule has 28 heavy (non-hydrogen) atoms. The zero-order valence-corrected chi connectivity index (χ0v) is 16.3. The predicted octanol–water partition coefficient (Wildman–Crippen LogP) is 4.36. The Hall–Kier alpha value is -1.55. The van der Waals surface area contributed by atoms with E-state index in [-0.39, 0.29) is 17.7 Å². The molecule has 0 bridgehead atoms. The minimum Gasteiger partial charge on any atom is -0.472 e. The van der Waals surface area contributed by atoms with Crippen molar-refractivity contribution in [2.45, 2.75) is 69.6 Å². The number of benzene rings is 1. The SMILES string of the molecule is CCCN(C1CCCC1)C1CCc2c(OS(=O)(=O)C(F)(F)F)ccc(F)c2O1. The highest BCUT2D eigenvalue weighted by molar-refractivity contribution is 7.88. The van der Waals surface area contributed by atoms with E-state index in [2.05, 4.69) is 9.08 Å². The first-order valence-electron chi connectivity index (χ1n) is 9.38. The molecule has 0 radical (unpaired) electrons. The van der Waals surface area contributed by atoms with E-state index in [0.717, 1.165) is 50.8 Å². The van der Waals surface area contributed by atoms with E-state index in [1.165, 1.54) is 0 Å². The van der Waals surface area contributed by atoms with Crippen molar-refractivity contribution in [1.29, 1.82) is 0 Å². The van der Waals surface area contributed by atoms with E-state index in [1.54, 1.807) is 0 Å². The van der Waals surface area contributed by atoms with Crippen molar-refractivity contribution in [2.24, 2.45) is 0 Å². The van der Waals surface area contributed by atoms with Crippen LogP contribution in [0.25, 0.3) is 0 Å². The van der Waals surface area contributed by atoms with Crippen LogP contribution in [-0.2, 0) is 16.5 Å². The largest absolute Gasteiger partial charge is 0.534 e. The van der Waals surface area contributed by atoms with Gasteiger partial charge in [0.25, 0.3) is 0 Å². The zero-order valence-electron chi connectivity index (χ0n) is 15.5. The molecule has 0 saturated heterocycles. The fourth-order valence-electron chi connectivity index (χ4n) is 3.94. The Morgan fingerprint density at radius 3 is 2.50 bits per heavy atom.